The molecule has 28 heavy (non-hydrogen) atoms. The van der Waals surface area contributed by atoms with E-state index in [1.165, 1.54) is 4.90 Å². The lowest BCUT2D eigenvalue weighted by molar-refractivity contribution is -0.907. The number of aromatic nitrogens is 2. The van der Waals surface area contributed by atoms with Crippen LogP contribution >= 0.6 is 0 Å². The average molecular weight is 385 g/mol. The van der Waals surface area contributed by atoms with E-state index in [4.69, 9.17) is 9.47 Å². The molecule has 2 saturated heterocycles. The average Bonchev–Trinajstić information content (AvgIpc) is 3.44. The number of benzene rings is 1. The van der Waals surface area contributed by atoms with Gasteiger partial charge in [0, 0.05) is 12.8 Å². The Morgan fingerprint density at radius 3 is 2.75 bits per heavy atom. The van der Waals surface area contributed by atoms with Crippen LogP contribution in [-0.2, 0) is 20.8 Å². The third kappa shape index (κ3) is 4.60. The molecule has 1 N–H and O–H groups in total. The highest BCUT2D eigenvalue weighted by Crippen LogP contribution is 2.17. The molecular weight excluding hydrogens is 356 g/mol. The van der Waals surface area contributed by atoms with Crippen molar-refractivity contribution in [2.45, 2.75) is 25.5 Å². The lowest BCUT2D eigenvalue weighted by atomic mass is 10.2. The van der Waals surface area contributed by atoms with Crippen molar-refractivity contribution in [2.24, 2.45) is 0 Å². The molecule has 1 atom stereocenters. The minimum atomic E-state index is -0.298. The smallest absolute Gasteiger partial charge is 0.252 e. The zero-order valence-corrected chi connectivity index (χ0v) is 16.3. The summed E-state index contributed by atoms with van der Waals surface area (Å²) in [6.45, 7) is 6.48. The van der Waals surface area contributed by atoms with E-state index in [1.807, 2.05) is 46.0 Å². The molecule has 1 aromatic heterocycles. The summed E-state index contributed by atoms with van der Waals surface area (Å²) in [5.41, 5.74) is 2.01. The number of carbonyl (C=O) groups is 1. The van der Waals surface area contributed by atoms with Gasteiger partial charge in [-0.25, -0.2) is 4.68 Å². The van der Waals surface area contributed by atoms with Gasteiger partial charge in [-0.2, -0.15) is 5.10 Å². The summed E-state index contributed by atoms with van der Waals surface area (Å²) in [5.74, 6) is 0.103. The molecule has 7 heteroatoms. The Bertz CT molecular complexity index is 752. The van der Waals surface area contributed by atoms with Gasteiger partial charge in [0.25, 0.3) is 5.91 Å². The first-order valence-corrected chi connectivity index (χ1v) is 10.2. The maximum atomic E-state index is 13.1. The maximum absolute atomic E-state index is 13.1. The van der Waals surface area contributed by atoms with Crippen molar-refractivity contribution in [2.75, 3.05) is 46.0 Å². The highest BCUT2D eigenvalue weighted by Gasteiger charge is 2.30. The van der Waals surface area contributed by atoms with E-state index in [9.17, 15) is 4.79 Å². The number of morpholine rings is 1. The van der Waals surface area contributed by atoms with E-state index in [0.29, 0.717) is 19.7 Å². The van der Waals surface area contributed by atoms with Gasteiger partial charge in [-0.15, -0.1) is 0 Å². The molecule has 0 saturated carbocycles. The van der Waals surface area contributed by atoms with Crippen LogP contribution < -0.4 is 4.90 Å². The first kappa shape index (κ1) is 19.1. The molecule has 1 aromatic carbocycles. The van der Waals surface area contributed by atoms with E-state index in [2.05, 4.69) is 5.10 Å². The van der Waals surface area contributed by atoms with E-state index in [1.54, 1.807) is 6.20 Å². The quantitative estimate of drug-likeness (QED) is 0.745. The summed E-state index contributed by atoms with van der Waals surface area (Å²) in [4.78, 5) is 16.6. The third-order valence-electron chi connectivity index (χ3n) is 5.53. The monoisotopic (exact) mass is 385 g/mol. The summed E-state index contributed by atoms with van der Waals surface area (Å²) < 4.78 is 13.0. The topological polar surface area (TPSA) is 61.0 Å². The normalized spacial score (nSPS) is 20.4. The number of ether oxygens (including phenoxy) is 2. The van der Waals surface area contributed by atoms with Crippen molar-refractivity contribution in [3.63, 3.8) is 0 Å². The van der Waals surface area contributed by atoms with Crippen LogP contribution in [0, 0.1) is 0 Å². The lowest BCUT2D eigenvalue weighted by Crippen LogP contribution is -3.14. The Morgan fingerprint density at radius 2 is 2.00 bits per heavy atom. The van der Waals surface area contributed by atoms with Gasteiger partial charge in [-0.1, -0.05) is 18.2 Å². The van der Waals surface area contributed by atoms with Gasteiger partial charge in [-0.3, -0.25) is 4.79 Å². The standard InChI is InChI=1S/C21H28N4O3/c26-21(20-7-4-14-28-20)24(11-10-23-12-15-27-16-13-23)17-19-8-9-22-25(19)18-5-2-1-3-6-18/h1-3,5-6,8-9,20H,4,7,10-17H2/p+1/t20-/m1/s1. The molecule has 0 radical (unpaired) electrons. The van der Waals surface area contributed by atoms with Crippen LogP contribution in [0.15, 0.2) is 42.6 Å². The first-order chi connectivity index (χ1) is 13.8. The highest BCUT2D eigenvalue weighted by molar-refractivity contribution is 5.81. The minimum Gasteiger partial charge on any atom is -0.370 e. The van der Waals surface area contributed by atoms with Crippen molar-refractivity contribution < 1.29 is 19.2 Å². The number of hydrogen-bond donors (Lipinski definition) is 1. The Kier molecular flexibility index (Phi) is 6.36. The summed E-state index contributed by atoms with van der Waals surface area (Å²) in [5, 5.41) is 4.47. The molecule has 4 rings (SSSR count). The van der Waals surface area contributed by atoms with Crippen LogP contribution in [0.4, 0.5) is 0 Å². The molecule has 2 fully saturated rings. The third-order valence-corrected chi connectivity index (χ3v) is 5.53. The minimum absolute atomic E-state index is 0.103. The van der Waals surface area contributed by atoms with Crippen LogP contribution in [0.3, 0.4) is 0 Å². The van der Waals surface area contributed by atoms with Gasteiger partial charge in [-0.05, 0) is 31.0 Å². The molecule has 3 heterocycles. The van der Waals surface area contributed by atoms with Crippen molar-refractivity contribution >= 4 is 5.91 Å². The van der Waals surface area contributed by atoms with Crippen LogP contribution in [0.5, 0.6) is 0 Å². The fourth-order valence-electron chi connectivity index (χ4n) is 3.89. The predicted octanol–water partition coefficient (Wildman–Crippen LogP) is 0.295. The molecule has 7 nitrogen and oxygen atoms in total. The van der Waals surface area contributed by atoms with E-state index in [0.717, 1.165) is 57.1 Å². The summed E-state index contributed by atoms with van der Waals surface area (Å²) >= 11 is 0. The Labute approximate surface area is 165 Å². The Hall–Kier alpha value is -2.22. The van der Waals surface area contributed by atoms with Crippen molar-refractivity contribution in [1.82, 2.24) is 14.7 Å². The molecule has 1 amide bonds. The van der Waals surface area contributed by atoms with Crippen molar-refractivity contribution in [3.05, 3.63) is 48.3 Å². The number of quaternary nitrogens is 1. The van der Waals surface area contributed by atoms with Gasteiger partial charge in [0.05, 0.1) is 44.2 Å². The highest BCUT2D eigenvalue weighted by atomic mass is 16.5. The Morgan fingerprint density at radius 1 is 1.18 bits per heavy atom. The second-order valence-electron chi connectivity index (χ2n) is 7.44. The number of nitrogens with one attached hydrogen (secondary N) is 1. The van der Waals surface area contributed by atoms with Crippen LogP contribution in [0.1, 0.15) is 18.5 Å². The number of nitrogens with zero attached hydrogens (tertiary/aromatic N) is 3. The predicted molar refractivity (Wildman–Crippen MR) is 104 cm³/mol. The maximum Gasteiger partial charge on any atom is 0.252 e. The van der Waals surface area contributed by atoms with Gasteiger partial charge >= 0.3 is 0 Å². The van der Waals surface area contributed by atoms with E-state index in [-0.39, 0.29) is 12.0 Å². The number of carbonyl (C=O) groups excluding carboxylic acids is 1. The van der Waals surface area contributed by atoms with Crippen molar-refractivity contribution in [3.8, 4) is 5.69 Å². The number of para-hydroxylation sites is 1. The summed E-state index contributed by atoms with van der Waals surface area (Å²) in [6, 6.07) is 12.0. The first-order valence-electron chi connectivity index (χ1n) is 10.2. The molecule has 150 valence electrons. The molecular formula is C21H29N4O3+. The van der Waals surface area contributed by atoms with Crippen LogP contribution in [-0.4, -0.2) is 72.7 Å². The summed E-state index contributed by atoms with van der Waals surface area (Å²) in [6.07, 6.45) is 3.27. The fraction of sp³-hybridized carbons (Fsp3) is 0.524. The zero-order chi connectivity index (χ0) is 19.2. The number of hydrogen-bond acceptors (Lipinski definition) is 4. The largest absolute Gasteiger partial charge is 0.370 e. The van der Waals surface area contributed by atoms with E-state index < -0.39 is 0 Å². The molecule has 0 aliphatic carbocycles. The number of rotatable bonds is 7. The van der Waals surface area contributed by atoms with E-state index >= 15 is 0 Å². The zero-order valence-electron chi connectivity index (χ0n) is 16.3. The number of amides is 1. The molecule has 2 aliphatic rings. The SMILES string of the molecule is O=C([C@H]1CCCO1)N(CC[NH+]1CCOCC1)Cc1ccnn1-c1ccccc1. The fourth-order valence-corrected chi connectivity index (χ4v) is 3.89. The second kappa shape index (κ2) is 9.32. The van der Waals surface area contributed by atoms with Gasteiger partial charge in [0.1, 0.15) is 19.2 Å². The van der Waals surface area contributed by atoms with Crippen LogP contribution in [0.2, 0.25) is 0 Å². The summed E-state index contributed by atoms with van der Waals surface area (Å²) in [7, 11) is 0. The molecule has 0 spiro atoms. The molecule has 0 unspecified atom stereocenters. The lowest BCUT2D eigenvalue weighted by Gasteiger charge is -2.29. The molecule has 2 aromatic rings. The Balaban J connectivity index is 1.48. The van der Waals surface area contributed by atoms with Gasteiger partial charge in [0.15, 0.2) is 0 Å². The van der Waals surface area contributed by atoms with Crippen LogP contribution in [0.25, 0.3) is 5.69 Å². The van der Waals surface area contributed by atoms with Crippen molar-refractivity contribution in [1.29, 1.82) is 0 Å². The molecule has 0 bridgehead atoms. The van der Waals surface area contributed by atoms with Gasteiger partial charge in [0.2, 0.25) is 0 Å². The second-order valence-corrected chi connectivity index (χ2v) is 7.44. The molecule has 2 aliphatic heterocycles. The van der Waals surface area contributed by atoms with Gasteiger partial charge < -0.3 is 19.3 Å².